The van der Waals surface area contributed by atoms with Crippen LogP contribution in [0.15, 0.2) is 22.8 Å². The molecule has 1 aromatic heterocycles. The summed E-state index contributed by atoms with van der Waals surface area (Å²) in [6.07, 6.45) is 1.74. The molecule has 2 heterocycles. The summed E-state index contributed by atoms with van der Waals surface area (Å²) in [4.78, 5) is 20.1. The lowest BCUT2D eigenvalue weighted by atomic mass is 10.3. The molecule has 0 radical (unpaired) electrons. The van der Waals surface area contributed by atoms with Crippen LogP contribution in [0.3, 0.4) is 0 Å². The van der Waals surface area contributed by atoms with Crippen LogP contribution >= 0.6 is 15.9 Å². The zero-order chi connectivity index (χ0) is 13.0. The standard InChI is InChI=1S/C12H17BrN4O/c1-16(11-3-2-10(13)8-15-11)9-12(18)17-6-4-14-5-7-17/h2-3,8,14H,4-7,9H2,1H3. The minimum absolute atomic E-state index is 0.156. The van der Waals surface area contributed by atoms with Crippen LogP contribution in [0.4, 0.5) is 5.82 Å². The van der Waals surface area contributed by atoms with Crippen molar-refractivity contribution >= 4 is 27.7 Å². The number of anilines is 1. The van der Waals surface area contributed by atoms with E-state index in [-0.39, 0.29) is 5.91 Å². The maximum absolute atomic E-state index is 12.1. The zero-order valence-corrected chi connectivity index (χ0v) is 12.0. The Kier molecular flexibility index (Phi) is 4.54. The van der Waals surface area contributed by atoms with Crippen LogP contribution in [-0.4, -0.2) is 55.6 Å². The molecule has 0 aliphatic carbocycles. The van der Waals surface area contributed by atoms with E-state index in [0.29, 0.717) is 6.54 Å². The number of carbonyl (C=O) groups is 1. The monoisotopic (exact) mass is 312 g/mol. The second kappa shape index (κ2) is 6.15. The van der Waals surface area contributed by atoms with Gasteiger partial charge in [-0.1, -0.05) is 0 Å². The fourth-order valence-corrected chi connectivity index (χ4v) is 2.13. The topological polar surface area (TPSA) is 48.5 Å². The lowest BCUT2D eigenvalue weighted by Gasteiger charge is -2.29. The Labute approximate surface area is 115 Å². The number of halogens is 1. The lowest BCUT2D eigenvalue weighted by Crippen LogP contribution is -2.49. The maximum atomic E-state index is 12.1. The van der Waals surface area contributed by atoms with E-state index in [0.717, 1.165) is 36.5 Å². The highest BCUT2D eigenvalue weighted by atomic mass is 79.9. The van der Waals surface area contributed by atoms with Gasteiger partial charge in [-0.15, -0.1) is 0 Å². The summed E-state index contributed by atoms with van der Waals surface area (Å²) < 4.78 is 0.938. The molecule has 0 spiro atoms. The number of nitrogens with one attached hydrogen (secondary N) is 1. The molecular formula is C12H17BrN4O. The van der Waals surface area contributed by atoms with Gasteiger partial charge in [-0.2, -0.15) is 0 Å². The molecule has 18 heavy (non-hydrogen) atoms. The normalized spacial score (nSPS) is 15.6. The van der Waals surface area contributed by atoms with Crippen molar-refractivity contribution in [1.29, 1.82) is 0 Å². The molecule has 6 heteroatoms. The molecule has 0 unspecified atom stereocenters. The van der Waals surface area contributed by atoms with E-state index in [2.05, 4.69) is 26.2 Å². The third-order valence-electron chi connectivity index (χ3n) is 2.95. The first-order chi connectivity index (χ1) is 8.66. The number of aromatic nitrogens is 1. The predicted molar refractivity (Wildman–Crippen MR) is 74.7 cm³/mol. The van der Waals surface area contributed by atoms with Gasteiger partial charge < -0.3 is 15.1 Å². The first-order valence-corrected chi connectivity index (χ1v) is 6.77. The third kappa shape index (κ3) is 3.43. The molecule has 1 saturated heterocycles. The van der Waals surface area contributed by atoms with Crippen molar-refractivity contribution in [2.45, 2.75) is 0 Å². The van der Waals surface area contributed by atoms with E-state index in [9.17, 15) is 4.79 Å². The number of pyridine rings is 1. The zero-order valence-electron chi connectivity index (χ0n) is 10.4. The molecule has 98 valence electrons. The summed E-state index contributed by atoms with van der Waals surface area (Å²) in [5.74, 6) is 0.963. The second-order valence-electron chi connectivity index (χ2n) is 4.32. The van der Waals surface area contributed by atoms with Gasteiger partial charge in [0, 0.05) is 43.9 Å². The minimum atomic E-state index is 0.156. The number of likely N-dealkylation sites (N-methyl/N-ethyl adjacent to an activating group) is 1. The van der Waals surface area contributed by atoms with Crippen molar-refractivity contribution < 1.29 is 4.79 Å². The predicted octanol–water partition coefficient (Wildman–Crippen LogP) is 0.712. The lowest BCUT2D eigenvalue weighted by molar-refractivity contribution is -0.130. The van der Waals surface area contributed by atoms with Gasteiger partial charge in [-0.25, -0.2) is 4.98 Å². The first kappa shape index (κ1) is 13.3. The highest BCUT2D eigenvalue weighted by Crippen LogP contribution is 2.13. The molecule has 2 rings (SSSR count). The highest BCUT2D eigenvalue weighted by Gasteiger charge is 2.17. The highest BCUT2D eigenvalue weighted by molar-refractivity contribution is 9.10. The van der Waals surface area contributed by atoms with Crippen LogP contribution in [0.2, 0.25) is 0 Å². The van der Waals surface area contributed by atoms with Gasteiger partial charge in [-0.05, 0) is 28.1 Å². The van der Waals surface area contributed by atoms with Gasteiger partial charge in [0.1, 0.15) is 5.82 Å². The van der Waals surface area contributed by atoms with Crippen LogP contribution in [0.25, 0.3) is 0 Å². The Hall–Kier alpha value is -1.14. The molecule has 5 nitrogen and oxygen atoms in total. The second-order valence-corrected chi connectivity index (χ2v) is 5.24. The molecule has 0 bridgehead atoms. The molecule has 0 aromatic carbocycles. The van der Waals surface area contributed by atoms with E-state index in [1.807, 2.05) is 29.0 Å². The molecule has 0 saturated carbocycles. The molecular weight excluding hydrogens is 296 g/mol. The van der Waals surface area contributed by atoms with Gasteiger partial charge in [0.05, 0.1) is 6.54 Å². The van der Waals surface area contributed by atoms with Crippen molar-refractivity contribution in [2.75, 3.05) is 44.7 Å². The number of hydrogen-bond acceptors (Lipinski definition) is 4. The van der Waals surface area contributed by atoms with E-state index < -0.39 is 0 Å². The van der Waals surface area contributed by atoms with Gasteiger partial charge in [-0.3, -0.25) is 4.79 Å². The Morgan fingerprint density at radius 2 is 2.22 bits per heavy atom. The largest absolute Gasteiger partial charge is 0.350 e. The van der Waals surface area contributed by atoms with E-state index in [4.69, 9.17) is 0 Å². The molecule has 0 atom stereocenters. The Balaban J connectivity index is 1.91. The molecule has 1 aliphatic heterocycles. The number of carbonyl (C=O) groups excluding carboxylic acids is 1. The van der Waals surface area contributed by atoms with Gasteiger partial charge in [0.25, 0.3) is 0 Å². The summed E-state index contributed by atoms with van der Waals surface area (Å²) in [5.41, 5.74) is 0. The first-order valence-electron chi connectivity index (χ1n) is 5.98. The van der Waals surface area contributed by atoms with Crippen molar-refractivity contribution in [1.82, 2.24) is 15.2 Å². The third-order valence-corrected chi connectivity index (χ3v) is 3.41. The summed E-state index contributed by atoms with van der Waals surface area (Å²) in [7, 11) is 1.89. The van der Waals surface area contributed by atoms with Crippen LogP contribution < -0.4 is 10.2 Å². The summed E-state index contributed by atoms with van der Waals surface area (Å²) >= 11 is 3.34. The van der Waals surface area contributed by atoms with Gasteiger partial charge >= 0.3 is 0 Å². The molecule has 1 fully saturated rings. The van der Waals surface area contributed by atoms with Crippen LogP contribution in [-0.2, 0) is 4.79 Å². The number of hydrogen-bond donors (Lipinski definition) is 1. The fourth-order valence-electron chi connectivity index (χ4n) is 1.89. The molecule has 1 aromatic rings. The number of amides is 1. The molecule has 1 N–H and O–H groups in total. The van der Waals surface area contributed by atoms with E-state index >= 15 is 0 Å². The average Bonchev–Trinajstić information content (AvgIpc) is 2.40. The Morgan fingerprint density at radius 3 is 2.83 bits per heavy atom. The van der Waals surface area contributed by atoms with Crippen molar-refractivity contribution in [3.05, 3.63) is 22.8 Å². The molecule has 1 aliphatic rings. The summed E-state index contributed by atoms with van der Waals surface area (Å²) in [5, 5.41) is 3.24. The number of rotatable bonds is 3. The van der Waals surface area contributed by atoms with Crippen LogP contribution in [0.1, 0.15) is 0 Å². The van der Waals surface area contributed by atoms with E-state index in [1.165, 1.54) is 0 Å². The maximum Gasteiger partial charge on any atom is 0.242 e. The average molecular weight is 313 g/mol. The number of nitrogens with zero attached hydrogens (tertiary/aromatic N) is 3. The van der Waals surface area contributed by atoms with Crippen molar-refractivity contribution in [3.63, 3.8) is 0 Å². The summed E-state index contributed by atoms with van der Waals surface area (Å²) in [6.45, 7) is 3.72. The van der Waals surface area contributed by atoms with Crippen molar-refractivity contribution in [2.24, 2.45) is 0 Å². The molecule has 1 amide bonds. The van der Waals surface area contributed by atoms with Gasteiger partial charge in [0.2, 0.25) is 5.91 Å². The van der Waals surface area contributed by atoms with E-state index in [1.54, 1.807) is 6.20 Å². The smallest absolute Gasteiger partial charge is 0.242 e. The fraction of sp³-hybridized carbons (Fsp3) is 0.500. The number of piperazine rings is 1. The van der Waals surface area contributed by atoms with Crippen LogP contribution in [0, 0.1) is 0 Å². The minimum Gasteiger partial charge on any atom is -0.350 e. The summed E-state index contributed by atoms with van der Waals surface area (Å²) in [6, 6.07) is 3.82. The Morgan fingerprint density at radius 1 is 1.50 bits per heavy atom. The SMILES string of the molecule is CN(CC(=O)N1CCNCC1)c1ccc(Br)cn1. The van der Waals surface area contributed by atoms with Crippen molar-refractivity contribution in [3.8, 4) is 0 Å². The Bertz CT molecular complexity index is 403. The van der Waals surface area contributed by atoms with Gasteiger partial charge in [0.15, 0.2) is 0 Å². The van der Waals surface area contributed by atoms with Crippen LogP contribution in [0.5, 0.6) is 0 Å². The quantitative estimate of drug-likeness (QED) is 0.893.